The lowest BCUT2D eigenvalue weighted by Gasteiger charge is -2.11. The molecular formula is C13H20N4O2. The summed E-state index contributed by atoms with van der Waals surface area (Å²) in [6.07, 6.45) is 5.72. The molecule has 2 fully saturated rings. The molecule has 1 aliphatic carbocycles. The Kier molecular flexibility index (Phi) is 3.50. The van der Waals surface area contributed by atoms with E-state index in [0.29, 0.717) is 5.89 Å². The van der Waals surface area contributed by atoms with Crippen LogP contribution >= 0.6 is 0 Å². The van der Waals surface area contributed by atoms with E-state index >= 15 is 0 Å². The van der Waals surface area contributed by atoms with Crippen LogP contribution in [-0.2, 0) is 0 Å². The Hall–Kier alpha value is -1.43. The monoisotopic (exact) mass is 264 g/mol. The molecular weight excluding hydrogens is 244 g/mol. The Labute approximate surface area is 112 Å². The first kappa shape index (κ1) is 12.6. The SMILES string of the molecule is CC(CC1CC1)NC(=O)c1noc(C2CCCN2)n1. The molecule has 1 saturated carbocycles. The highest BCUT2D eigenvalue weighted by molar-refractivity contribution is 5.90. The van der Waals surface area contributed by atoms with Crippen molar-refractivity contribution in [3.05, 3.63) is 11.7 Å². The Morgan fingerprint density at radius 2 is 2.37 bits per heavy atom. The van der Waals surface area contributed by atoms with Gasteiger partial charge >= 0.3 is 0 Å². The van der Waals surface area contributed by atoms with Crippen LogP contribution in [0, 0.1) is 5.92 Å². The molecule has 0 radical (unpaired) electrons. The van der Waals surface area contributed by atoms with Gasteiger partial charge in [-0.1, -0.05) is 18.0 Å². The van der Waals surface area contributed by atoms with Crippen molar-refractivity contribution in [3.63, 3.8) is 0 Å². The van der Waals surface area contributed by atoms with Crippen molar-refractivity contribution in [1.82, 2.24) is 20.8 Å². The number of hydrogen-bond acceptors (Lipinski definition) is 5. The molecule has 1 amide bonds. The summed E-state index contributed by atoms with van der Waals surface area (Å²) in [5.74, 6) is 1.23. The smallest absolute Gasteiger partial charge is 0.292 e. The number of aromatic nitrogens is 2. The summed E-state index contributed by atoms with van der Waals surface area (Å²) >= 11 is 0. The zero-order valence-electron chi connectivity index (χ0n) is 11.2. The molecule has 1 saturated heterocycles. The highest BCUT2D eigenvalue weighted by atomic mass is 16.5. The first-order valence-electron chi connectivity index (χ1n) is 7.10. The first-order chi connectivity index (χ1) is 9.22. The average molecular weight is 264 g/mol. The second kappa shape index (κ2) is 5.28. The normalized spacial score (nSPS) is 24.4. The Morgan fingerprint density at radius 3 is 3.05 bits per heavy atom. The molecule has 0 bridgehead atoms. The van der Waals surface area contributed by atoms with Gasteiger partial charge in [-0.3, -0.25) is 4.79 Å². The number of amides is 1. The summed E-state index contributed by atoms with van der Waals surface area (Å²) in [5.41, 5.74) is 0. The molecule has 0 spiro atoms. The molecule has 1 aromatic rings. The van der Waals surface area contributed by atoms with E-state index in [1.54, 1.807) is 0 Å². The lowest BCUT2D eigenvalue weighted by atomic mass is 10.1. The van der Waals surface area contributed by atoms with Crippen LogP contribution in [0.3, 0.4) is 0 Å². The minimum Gasteiger partial charge on any atom is -0.347 e. The van der Waals surface area contributed by atoms with Crippen LogP contribution in [-0.4, -0.2) is 28.6 Å². The fourth-order valence-corrected chi connectivity index (χ4v) is 2.57. The van der Waals surface area contributed by atoms with E-state index in [1.807, 2.05) is 6.92 Å². The van der Waals surface area contributed by atoms with Crippen LogP contribution in [0.15, 0.2) is 4.52 Å². The van der Waals surface area contributed by atoms with Crippen molar-refractivity contribution in [2.45, 2.75) is 51.1 Å². The molecule has 1 aromatic heterocycles. The van der Waals surface area contributed by atoms with E-state index in [9.17, 15) is 4.79 Å². The summed E-state index contributed by atoms with van der Waals surface area (Å²) in [6.45, 7) is 2.99. The zero-order valence-corrected chi connectivity index (χ0v) is 11.2. The van der Waals surface area contributed by atoms with Gasteiger partial charge in [-0.05, 0) is 38.6 Å². The van der Waals surface area contributed by atoms with Crippen molar-refractivity contribution >= 4 is 5.91 Å². The van der Waals surface area contributed by atoms with Crippen molar-refractivity contribution < 1.29 is 9.32 Å². The Balaban J connectivity index is 1.56. The van der Waals surface area contributed by atoms with E-state index in [-0.39, 0.29) is 23.8 Å². The number of rotatable bonds is 5. The minimum absolute atomic E-state index is 0.109. The van der Waals surface area contributed by atoms with Crippen molar-refractivity contribution in [2.75, 3.05) is 6.54 Å². The van der Waals surface area contributed by atoms with Gasteiger partial charge in [0.15, 0.2) is 0 Å². The second-order valence-corrected chi connectivity index (χ2v) is 5.66. The van der Waals surface area contributed by atoms with Gasteiger partial charge < -0.3 is 15.2 Å². The largest absolute Gasteiger partial charge is 0.347 e. The van der Waals surface area contributed by atoms with Gasteiger partial charge in [0.05, 0.1) is 6.04 Å². The van der Waals surface area contributed by atoms with E-state index < -0.39 is 0 Å². The van der Waals surface area contributed by atoms with Crippen LogP contribution in [0.2, 0.25) is 0 Å². The molecule has 3 rings (SSSR count). The molecule has 2 unspecified atom stereocenters. The number of hydrogen-bond donors (Lipinski definition) is 2. The molecule has 6 nitrogen and oxygen atoms in total. The Morgan fingerprint density at radius 1 is 1.53 bits per heavy atom. The number of carbonyl (C=O) groups excluding carboxylic acids is 1. The fourth-order valence-electron chi connectivity index (χ4n) is 2.57. The van der Waals surface area contributed by atoms with E-state index in [0.717, 1.165) is 31.7 Å². The Bertz CT molecular complexity index is 449. The molecule has 1 aliphatic heterocycles. The van der Waals surface area contributed by atoms with E-state index in [4.69, 9.17) is 4.52 Å². The summed E-state index contributed by atoms with van der Waals surface area (Å²) in [4.78, 5) is 16.2. The predicted molar refractivity (Wildman–Crippen MR) is 68.5 cm³/mol. The van der Waals surface area contributed by atoms with Crippen molar-refractivity contribution in [2.24, 2.45) is 5.92 Å². The topological polar surface area (TPSA) is 80.0 Å². The van der Waals surface area contributed by atoms with Gasteiger partial charge in [0.1, 0.15) is 0 Å². The molecule has 104 valence electrons. The molecule has 6 heteroatoms. The van der Waals surface area contributed by atoms with Gasteiger partial charge in [-0.15, -0.1) is 0 Å². The van der Waals surface area contributed by atoms with Gasteiger partial charge in [-0.25, -0.2) is 0 Å². The third-order valence-corrected chi connectivity index (χ3v) is 3.76. The van der Waals surface area contributed by atoms with E-state index in [2.05, 4.69) is 20.8 Å². The lowest BCUT2D eigenvalue weighted by Crippen LogP contribution is -2.33. The van der Waals surface area contributed by atoms with Crippen LogP contribution in [0.25, 0.3) is 0 Å². The standard InChI is InChI=1S/C13H20N4O2/c1-8(7-9-4-5-9)15-12(18)11-16-13(19-17-11)10-3-2-6-14-10/h8-10,14H,2-7H2,1H3,(H,15,18). The van der Waals surface area contributed by atoms with Crippen molar-refractivity contribution in [1.29, 1.82) is 0 Å². The number of nitrogens with zero attached hydrogens (tertiary/aromatic N) is 2. The molecule has 2 aliphatic rings. The third kappa shape index (κ3) is 3.12. The summed E-state index contributed by atoms with van der Waals surface area (Å²) < 4.78 is 5.16. The quantitative estimate of drug-likeness (QED) is 0.840. The lowest BCUT2D eigenvalue weighted by molar-refractivity contribution is 0.0924. The van der Waals surface area contributed by atoms with Gasteiger partial charge in [0, 0.05) is 6.04 Å². The summed E-state index contributed by atoms with van der Waals surface area (Å²) in [6, 6.07) is 0.282. The van der Waals surface area contributed by atoms with Crippen LogP contribution in [0.1, 0.15) is 61.6 Å². The maximum atomic E-state index is 12.0. The highest BCUT2D eigenvalue weighted by Crippen LogP contribution is 2.33. The van der Waals surface area contributed by atoms with Gasteiger partial charge in [0.25, 0.3) is 11.7 Å². The van der Waals surface area contributed by atoms with E-state index in [1.165, 1.54) is 12.8 Å². The predicted octanol–water partition coefficient (Wildman–Crippen LogP) is 1.41. The first-order valence-corrected chi connectivity index (χ1v) is 7.10. The third-order valence-electron chi connectivity index (χ3n) is 3.76. The molecule has 2 heterocycles. The van der Waals surface area contributed by atoms with Crippen LogP contribution in [0.4, 0.5) is 0 Å². The second-order valence-electron chi connectivity index (χ2n) is 5.66. The van der Waals surface area contributed by atoms with Gasteiger partial charge in [0.2, 0.25) is 5.89 Å². The number of carbonyl (C=O) groups is 1. The maximum absolute atomic E-state index is 12.0. The highest BCUT2D eigenvalue weighted by Gasteiger charge is 2.27. The van der Waals surface area contributed by atoms with Gasteiger partial charge in [-0.2, -0.15) is 4.98 Å². The van der Waals surface area contributed by atoms with Crippen LogP contribution < -0.4 is 10.6 Å². The summed E-state index contributed by atoms with van der Waals surface area (Å²) in [7, 11) is 0. The molecule has 19 heavy (non-hydrogen) atoms. The number of nitrogens with one attached hydrogen (secondary N) is 2. The van der Waals surface area contributed by atoms with Crippen molar-refractivity contribution in [3.8, 4) is 0 Å². The summed E-state index contributed by atoms with van der Waals surface area (Å²) in [5, 5.41) is 9.97. The maximum Gasteiger partial charge on any atom is 0.292 e. The fraction of sp³-hybridized carbons (Fsp3) is 0.769. The zero-order chi connectivity index (χ0) is 13.2. The minimum atomic E-state index is -0.235. The molecule has 2 N–H and O–H groups in total. The van der Waals surface area contributed by atoms with Crippen LogP contribution in [0.5, 0.6) is 0 Å². The molecule has 2 atom stereocenters. The average Bonchev–Trinajstić information content (AvgIpc) is 2.89. The molecule has 0 aromatic carbocycles.